The van der Waals surface area contributed by atoms with E-state index in [2.05, 4.69) is 10.5 Å². The predicted octanol–water partition coefficient (Wildman–Crippen LogP) is 5.04. The van der Waals surface area contributed by atoms with Crippen LogP contribution in [0.4, 0.5) is 5.69 Å². The second kappa shape index (κ2) is 9.35. The normalized spacial score (nSPS) is 24.2. The summed E-state index contributed by atoms with van der Waals surface area (Å²) in [5.41, 5.74) is 4.80. The summed E-state index contributed by atoms with van der Waals surface area (Å²) in [4.78, 5) is 13.1. The summed E-state index contributed by atoms with van der Waals surface area (Å²) < 4.78 is 0. The largest absolute Gasteiger partial charge is 0.377 e. The summed E-state index contributed by atoms with van der Waals surface area (Å²) in [6.45, 7) is 2.55. The highest BCUT2D eigenvalue weighted by atomic mass is 35.5. The van der Waals surface area contributed by atoms with Crippen LogP contribution in [0.3, 0.4) is 0 Å². The quantitative estimate of drug-likeness (QED) is 0.642. The Kier molecular flexibility index (Phi) is 6.74. The fourth-order valence-corrected chi connectivity index (χ4v) is 4.70. The molecule has 0 aliphatic carbocycles. The van der Waals surface area contributed by atoms with Gasteiger partial charge in [0.2, 0.25) is 0 Å². The molecule has 2 aliphatic heterocycles. The van der Waals surface area contributed by atoms with Crippen molar-refractivity contribution >= 4 is 52.1 Å². The SMILES string of the molecule is CC1C(C(=O)NN2CCCCC2O)=NN(c2ccc(Cl)cc2Cl)C1c1ccc(Cl)cc1. The van der Waals surface area contributed by atoms with Crippen LogP contribution in [0, 0.1) is 5.92 Å². The minimum atomic E-state index is -0.691. The van der Waals surface area contributed by atoms with Crippen LogP contribution in [0.5, 0.6) is 0 Å². The summed E-state index contributed by atoms with van der Waals surface area (Å²) in [7, 11) is 0. The number of nitrogens with zero attached hydrogens (tertiary/aromatic N) is 3. The molecular formula is C22H23Cl3N4O2. The van der Waals surface area contributed by atoms with Crippen LogP contribution in [-0.4, -0.2) is 34.5 Å². The maximum atomic E-state index is 13.1. The lowest BCUT2D eigenvalue weighted by Crippen LogP contribution is -2.53. The molecule has 164 valence electrons. The van der Waals surface area contributed by atoms with Crippen LogP contribution in [0.15, 0.2) is 47.6 Å². The molecule has 2 aromatic carbocycles. The molecule has 1 fully saturated rings. The molecule has 3 atom stereocenters. The van der Waals surface area contributed by atoms with Gasteiger partial charge in [-0.1, -0.05) is 53.9 Å². The predicted molar refractivity (Wildman–Crippen MR) is 124 cm³/mol. The standard InChI is InChI=1S/C22H23Cl3N4O2/c1-13-20(22(31)27-28-11-3-2-4-19(28)30)26-29(18-10-9-16(24)12-17(18)25)21(13)14-5-7-15(23)8-6-14/h5-10,12-13,19,21,30H,2-4,11H2,1H3,(H,27,31). The van der Waals surface area contributed by atoms with Gasteiger partial charge in [0, 0.05) is 22.5 Å². The van der Waals surface area contributed by atoms with E-state index < -0.39 is 6.23 Å². The number of nitrogens with one attached hydrogen (secondary N) is 1. The van der Waals surface area contributed by atoms with E-state index in [-0.39, 0.29) is 17.9 Å². The van der Waals surface area contributed by atoms with E-state index in [9.17, 15) is 9.90 Å². The van der Waals surface area contributed by atoms with Crippen molar-refractivity contribution in [2.75, 3.05) is 11.6 Å². The van der Waals surface area contributed by atoms with Gasteiger partial charge in [0.05, 0.1) is 16.8 Å². The minimum absolute atomic E-state index is 0.241. The Morgan fingerprint density at radius 3 is 2.48 bits per heavy atom. The number of hydrazine groups is 1. The van der Waals surface area contributed by atoms with Gasteiger partial charge in [-0.05, 0) is 55.2 Å². The number of anilines is 1. The van der Waals surface area contributed by atoms with Crippen LogP contribution in [0.2, 0.25) is 15.1 Å². The van der Waals surface area contributed by atoms with Crippen molar-refractivity contribution in [1.29, 1.82) is 0 Å². The van der Waals surface area contributed by atoms with Crippen molar-refractivity contribution in [3.63, 3.8) is 0 Å². The van der Waals surface area contributed by atoms with Gasteiger partial charge in [-0.15, -0.1) is 0 Å². The van der Waals surface area contributed by atoms with Gasteiger partial charge in [0.1, 0.15) is 11.9 Å². The number of halogens is 3. The Balaban J connectivity index is 1.68. The highest BCUT2D eigenvalue weighted by Gasteiger charge is 2.40. The van der Waals surface area contributed by atoms with Crippen LogP contribution in [0.1, 0.15) is 37.8 Å². The van der Waals surface area contributed by atoms with E-state index in [1.165, 1.54) is 0 Å². The number of rotatable bonds is 4. The monoisotopic (exact) mass is 480 g/mol. The third kappa shape index (κ3) is 4.69. The number of piperidine rings is 1. The molecule has 2 aromatic rings. The smallest absolute Gasteiger partial charge is 0.282 e. The highest BCUT2D eigenvalue weighted by Crippen LogP contribution is 2.42. The second-order valence-corrected chi connectivity index (χ2v) is 9.10. The van der Waals surface area contributed by atoms with Gasteiger partial charge in [-0.3, -0.25) is 15.2 Å². The summed E-state index contributed by atoms with van der Waals surface area (Å²) >= 11 is 18.6. The van der Waals surface area contributed by atoms with Gasteiger partial charge in [-0.25, -0.2) is 0 Å². The molecule has 2 aliphatic rings. The molecule has 1 amide bonds. The summed E-state index contributed by atoms with van der Waals surface area (Å²) in [6.07, 6.45) is 1.79. The molecular weight excluding hydrogens is 459 g/mol. The third-order valence-electron chi connectivity index (χ3n) is 5.70. The molecule has 9 heteroatoms. The zero-order valence-corrected chi connectivity index (χ0v) is 19.2. The van der Waals surface area contributed by atoms with Gasteiger partial charge in [0.15, 0.2) is 0 Å². The Morgan fingerprint density at radius 1 is 1.10 bits per heavy atom. The van der Waals surface area contributed by atoms with Crippen molar-refractivity contribution in [2.24, 2.45) is 11.0 Å². The number of aliphatic hydroxyl groups is 1. The Hall–Kier alpha value is -1.83. The lowest BCUT2D eigenvalue weighted by atomic mass is 9.91. The Morgan fingerprint density at radius 2 is 1.81 bits per heavy atom. The first-order valence-electron chi connectivity index (χ1n) is 10.2. The highest BCUT2D eigenvalue weighted by molar-refractivity contribution is 6.41. The number of carbonyl (C=O) groups excluding carboxylic acids is 1. The van der Waals surface area contributed by atoms with Crippen molar-refractivity contribution in [2.45, 2.75) is 38.5 Å². The van der Waals surface area contributed by atoms with Crippen molar-refractivity contribution in [3.8, 4) is 0 Å². The number of hydrazone groups is 1. The lowest BCUT2D eigenvalue weighted by molar-refractivity contribution is -0.128. The van der Waals surface area contributed by atoms with Crippen LogP contribution in [-0.2, 0) is 4.79 Å². The van der Waals surface area contributed by atoms with Gasteiger partial charge in [-0.2, -0.15) is 10.1 Å². The summed E-state index contributed by atoms with van der Waals surface area (Å²) in [5, 5.41) is 19.8. The molecule has 0 spiro atoms. The third-order valence-corrected chi connectivity index (χ3v) is 6.49. The molecule has 31 heavy (non-hydrogen) atoms. The van der Waals surface area contributed by atoms with Gasteiger partial charge in [0.25, 0.3) is 5.91 Å². The number of aliphatic hydroxyl groups excluding tert-OH is 1. The minimum Gasteiger partial charge on any atom is -0.377 e. The molecule has 0 saturated carbocycles. The Labute approximate surface area is 196 Å². The number of hydrogen-bond donors (Lipinski definition) is 2. The van der Waals surface area contributed by atoms with Gasteiger partial charge < -0.3 is 5.11 Å². The number of amides is 1. The number of carbonyl (C=O) groups is 1. The Bertz CT molecular complexity index is 999. The van der Waals surface area contributed by atoms with Crippen molar-refractivity contribution in [1.82, 2.24) is 10.4 Å². The van der Waals surface area contributed by atoms with Crippen LogP contribution < -0.4 is 10.4 Å². The molecule has 3 unspecified atom stereocenters. The van der Waals surface area contributed by atoms with E-state index in [4.69, 9.17) is 34.8 Å². The van der Waals surface area contributed by atoms with E-state index >= 15 is 0 Å². The molecule has 4 rings (SSSR count). The first-order chi connectivity index (χ1) is 14.8. The molecule has 1 saturated heterocycles. The molecule has 2 heterocycles. The van der Waals surface area contributed by atoms with Gasteiger partial charge >= 0.3 is 0 Å². The van der Waals surface area contributed by atoms with E-state index in [1.807, 2.05) is 31.2 Å². The lowest BCUT2D eigenvalue weighted by Gasteiger charge is -2.32. The topological polar surface area (TPSA) is 68.2 Å². The van der Waals surface area contributed by atoms with Crippen molar-refractivity contribution in [3.05, 3.63) is 63.1 Å². The first-order valence-corrected chi connectivity index (χ1v) is 11.3. The first kappa shape index (κ1) is 22.4. The van der Waals surface area contributed by atoms with E-state index in [0.717, 1.165) is 18.4 Å². The molecule has 0 aromatic heterocycles. The number of benzene rings is 2. The molecule has 0 radical (unpaired) electrons. The summed E-state index contributed by atoms with van der Waals surface area (Å²) in [5.74, 6) is -0.574. The maximum absolute atomic E-state index is 13.1. The molecule has 6 nitrogen and oxygen atoms in total. The van der Waals surface area contributed by atoms with E-state index in [0.29, 0.717) is 39.4 Å². The van der Waals surface area contributed by atoms with Crippen molar-refractivity contribution < 1.29 is 9.90 Å². The van der Waals surface area contributed by atoms with Crippen LogP contribution >= 0.6 is 34.8 Å². The summed E-state index contributed by atoms with van der Waals surface area (Å²) in [6, 6.07) is 12.4. The average molecular weight is 482 g/mol. The fourth-order valence-electron chi connectivity index (χ4n) is 4.08. The zero-order chi connectivity index (χ0) is 22.1. The molecule has 2 N–H and O–H groups in total. The maximum Gasteiger partial charge on any atom is 0.282 e. The molecule has 0 bridgehead atoms. The second-order valence-electron chi connectivity index (χ2n) is 7.82. The van der Waals surface area contributed by atoms with Crippen LogP contribution in [0.25, 0.3) is 0 Å². The average Bonchev–Trinajstić information content (AvgIpc) is 3.07. The fraction of sp³-hybridized carbons (Fsp3) is 0.364. The zero-order valence-electron chi connectivity index (χ0n) is 16.9. The number of hydrogen-bond acceptors (Lipinski definition) is 5. The van der Waals surface area contributed by atoms with E-state index in [1.54, 1.807) is 28.2 Å².